The number of nitrogens with two attached hydrogens (primary N) is 1. The average molecular weight is 306 g/mol. The molecular formula is C14H22N6S. The summed E-state index contributed by atoms with van der Waals surface area (Å²) in [7, 11) is 2.17. The Kier molecular flexibility index (Phi) is 3.97. The van der Waals surface area contributed by atoms with Gasteiger partial charge in [-0.05, 0) is 26.5 Å². The Morgan fingerprint density at radius 1 is 1.43 bits per heavy atom. The number of anilines is 2. The van der Waals surface area contributed by atoms with E-state index < -0.39 is 0 Å². The molecule has 1 aliphatic heterocycles. The monoisotopic (exact) mass is 306 g/mol. The lowest BCUT2D eigenvalue weighted by Crippen LogP contribution is -2.50. The van der Waals surface area contributed by atoms with Gasteiger partial charge in [0.1, 0.15) is 10.6 Å². The smallest absolute Gasteiger partial charge is 0.240 e. The summed E-state index contributed by atoms with van der Waals surface area (Å²) >= 11 is 1.72. The van der Waals surface area contributed by atoms with Crippen LogP contribution in [0.2, 0.25) is 0 Å². The van der Waals surface area contributed by atoms with Gasteiger partial charge in [-0.15, -0.1) is 11.3 Å². The molecule has 2 aromatic rings. The van der Waals surface area contributed by atoms with Crippen LogP contribution in [0.5, 0.6) is 0 Å². The van der Waals surface area contributed by atoms with Crippen LogP contribution < -0.4 is 16.2 Å². The van der Waals surface area contributed by atoms with Gasteiger partial charge in [0.05, 0.1) is 5.39 Å². The van der Waals surface area contributed by atoms with Crippen molar-refractivity contribution in [1.29, 1.82) is 0 Å². The molecule has 7 heteroatoms. The van der Waals surface area contributed by atoms with Crippen LogP contribution in [0.1, 0.15) is 18.7 Å². The quantitative estimate of drug-likeness (QED) is 0.664. The summed E-state index contributed by atoms with van der Waals surface area (Å²) in [4.78, 5) is 16.2. The highest BCUT2D eigenvalue weighted by atomic mass is 32.1. The highest BCUT2D eigenvalue weighted by Gasteiger charge is 2.24. The molecule has 2 aromatic heterocycles. The van der Waals surface area contributed by atoms with Crippen molar-refractivity contribution >= 4 is 33.3 Å². The maximum Gasteiger partial charge on any atom is 0.240 e. The number of nitrogen functional groups attached to an aromatic ring is 1. The van der Waals surface area contributed by atoms with Crippen molar-refractivity contribution in [3.63, 3.8) is 0 Å². The number of fused-ring (bicyclic) bond motifs is 1. The van der Waals surface area contributed by atoms with E-state index in [9.17, 15) is 0 Å². The fraction of sp³-hybridized carbons (Fsp3) is 0.571. The number of rotatable bonds is 3. The third-order valence-corrected chi connectivity index (χ3v) is 5.33. The third kappa shape index (κ3) is 2.68. The minimum atomic E-state index is 0.494. The molecule has 1 unspecified atom stereocenters. The van der Waals surface area contributed by atoms with E-state index in [0.717, 1.165) is 42.1 Å². The molecule has 0 amide bonds. The molecule has 6 nitrogen and oxygen atoms in total. The first-order valence-corrected chi connectivity index (χ1v) is 8.16. The van der Waals surface area contributed by atoms with Crippen molar-refractivity contribution in [2.24, 2.45) is 5.84 Å². The molecule has 3 rings (SSSR count). The van der Waals surface area contributed by atoms with Crippen LogP contribution in [0.25, 0.3) is 10.2 Å². The minimum Gasteiger partial charge on any atom is -0.353 e. The first kappa shape index (κ1) is 14.5. The van der Waals surface area contributed by atoms with Crippen molar-refractivity contribution in [2.75, 3.05) is 37.0 Å². The van der Waals surface area contributed by atoms with Crippen molar-refractivity contribution in [2.45, 2.75) is 26.3 Å². The Labute approximate surface area is 128 Å². The molecule has 21 heavy (non-hydrogen) atoms. The van der Waals surface area contributed by atoms with Crippen LogP contribution in [-0.2, 0) is 6.42 Å². The molecule has 3 heterocycles. The van der Waals surface area contributed by atoms with Gasteiger partial charge in [0, 0.05) is 30.6 Å². The van der Waals surface area contributed by atoms with E-state index in [1.807, 2.05) is 0 Å². The zero-order valence-electron chi connectivity index (χ0n) is 12.8. The summed E-state index contributed by atoms with van der Waals surface area (Å²) in [6.45, 7) is 7.41. The van der Waals surface area contributed by atoms with Crippen LogP contribution in [-0.4, -0.2) is 47.6 Å². The van der Waals surface area contributed by atoms with E-state index in [1.165, 1.54) is 4.88 Å². The van der Waals surface area contributed by atoms with E-state index >= 15 is 0 Å². The predicted molar refractivity (Wildman–Crippen MR) is 88.9 cm³/mol. The van der Waals surface area contributed by atoms with Crippen LogP contribution in [0, 0.1) is 0 Å². The van der Waals surface area contributed by atoms with Gasteiger partial charge in [0.2, 0.25) is 5.95 Å². The van der Waals surface area contributed by atoms with E-state index in [1.54, 1.807) is 11.3 Å². The summed E-state index contributed by atoms with van der Waals surface area (Å²) in [5.41, 5.74) is 2.59. The number of thiophene rings is 1. The largest absolute Gasteiger partial charge is 0.353 e. The first-order valence-electron chi connectivity index (χ1n) is 7.34. The molecule has 1 saturated heterocycles. The molecule has 1 atom stereocenters. The van der Waals surface area contributed by atoms with E-state index in [2.05, 4.69) is 52.2 Å². The molecule has 3 N–H and O–H groups in total. The van der Waals surface area contributed by atoms with Gasteiger partial charge in [-0.25, -0.2) is 10.8 Å². The van der Waals surface area contributed by atoms with Crippen molar-refractivity contribution in [1.82, 2.24) is 14.9 Å². The number of hydrazine groups is 1. The molecule has 0 aliphatic carbocycles. The number of piperazine rings is 1. The number of hydrogen-bond donors (Lipinski definition) is 2. The van der Waals surface area contributed by atoms with E-state index in [-0.39, 0.29) is 0 Å². The Hall–Kier alpha value is -1.44. The lowest BCUT2D eigenvalue weighted by Gasteiger charge is -2.38. The summed E-state index contributed by atoms with van der Waals surface area (Å²) in [6.07, 6.45) is 1.02. The Bertz CT molecular complexity index is 640. The number of nitrogens with one attached hydrogen (secondary N) is 1. The number of aromatic nitrogens is 2. The van der Waals surface area contributed by atoms with Crippen LogP contribution >= 0.6 is 11.3 Å². The topological polar surface area (TPSA) is 70.3 Å². The number of nitrogens with zero attached hydrogens (tertiary/aromatic N) is 4. The maximum atomic E-state index is 5.53. The molecule has 0 aromatic carbocycles. The summed E-state index contributed by atoms with van der Waals surface area (Å²) in [6, 6.07) is 2.74. The first-order chi connectivity index (χ1) is 10.1. The SMILES string of the molecule is CCc1cc2c(N3CCN(C)C(C)C3)nc(NN)nc2s1. The number of likely N-dealkylation sites (N-methyl/N-ethyl adjacent to an activating group) is 1. The predicted octanol–water partition coefficient (Wildman–Crippen LogP) is 1.68. The van der Waals surface area contributed by atoms with Gasteiger partial charge in [-0.2, -0.15) is 4.98 Å². The van der Waals surface area contributed by atoms with Crippen LogP contribution in [0.4, 0.5) is 11.8 Å². The molecule has 1 fully saturated rings. The Morgan fingerprint density at radius 3 is 2.90 bits per heavy atom. The zero-order valence-corrected chi connectivity index (χ0v) is 13.6. The van der Waals surface area contributed by atoms with Gasteiger partial charge >= 0.3 is 0 Å². The summed E-state index contributed by atoms with van der Waals surface area (Å²) < 4.78 is 0. The van der Waals surface area contributed by atoms with Gasteiger partial charge < -0.3 is 9.80 Å². The van der Waals surface area contributed by atoms with Crippen molar-refractivity contribution < 1.29 is 0 Å². The molecule has 0 bridgehead atoms. The second-order valence-electron chi connectivity index (χ2n) is 5.58. The highest BCUT2D eigenvalue weighted by Crippen LogP contribution is 2.33. The second-order valence-corrected chi connectivity index (χ2v) is 6.69. The standard InChI is InChI=1S/C14H22N6S/c1-4-10-7-11-12(16-14(18-15)17-13(11)21-10)20-6-5-19(3)9(2)8-20/h7,9H,4-6,8,15H2,1-3H3,(H,16,17,18). The molecule has 0 saturated carbocycles. The molecular weight excluding hydrogens is 284 g/mol. The summed E-state index contributed by atoms with van der Waals surface area (Å²) in [5, 5.41) is 1.15. The number of aryl methyl sites for hydroxylation is 1. The zero-order chi connectivity index (χ0) is 15.0. The number of hydrogen-bond acceptors (Lipinski definition) is 7. The van der Waals surface area contributed by atoms with Crippen LogP contribution in [0.15, 0.2) is 6.07 Å². The molecule has 114 valence electrons. The highest BCUT2D eigenvalue weighted by molar-refractivity contribution is 7.18. The molecule has 0 radical (unpaired) electrons. The third-order valence-electron chi connectivity index (χ3n) is 4.16. The van der Waals surface area contributed by atoms with E-state index in [4.69, 9.17) is 5.84 Å². The fourth-order valence-electron chi connectivity index (χ4n) is 2.68. The van der Waals surface area contributed by atoms with Gasteiger partial charge in [-0.1, -0.05) is 6.92 Å². The molecule has 1 aliphatic rings. The Morgan fingerprint density at radius 2 is 2.24 bits per heavy atom. The molecule has 0 spiro atoms. The van der Waals surface area contributed by atoms with Gasteiger partial charge in [0.15, 0.2) is 0 Å². The lowest BCUT2D eigenvalue weighted by molar-refractivity contribution is 0.233. The van der Waals surface area contributed by atoms with Crippen LogP contribution in [0.3, 0.4) is 0 Å². The van der Waals surface area contributed by atoms with Crippen molar-refractivity contribution in [3.05, 3.63) is 10.9 Å². The van der Waals surface area contributed by atoms with Gasteiger partial charge in [-0.3, -0.25) is 5.43 Å². The minimum absolute atomic E-state index is 0.494. The Balaban J connectivity index is 2.05. The second kappa shape index (κ2) is 5.75. The van der Waals surface area contributed by atoms with Gasteiger partial charge in [0.25, 0.3) is 0 Å². The fourth-order valence-corrected chi connectivity index (χ4v) is 3.64. The summed E-state index contributed by atoms with van der Waals surface area (Å²) in [5.74, 6) is 7.03. The van der Waals surface area contributed by atoms with E-state index in [0.29, 0.717) is 12.0 Å². The normalized spacial score (nSPS) is 20.2. The van der Waals surface area contributed by atoms with Crippen molar-refractivity contribution in [3.8, 4) is 0 Å². The maximum absolute atomic E-state index is 5.53. The lowest BCUT2D eigenvalue weighted by atomic mass is 10.2. The average Bonchev–Trinajstić information content (AvgIpc) is 2.92.